The molecule has 0 spiro atoms. The fraction of sp³-hybridized carbons (Fsp3) is 1.00. The Kier molecular flexibility index (Phi) is 5.42. The van der Waals surface area contributed by atoms with E-state index in [-0.39, 0.29) is 12.1 Å². The number of hydrogen-bond acceptors (Lipinski definition) is 3. The minimum atomic E-state index is -0.0553. The van der Waals surface area contributed by atoms with E-state index in [1.54, 1.807) is 7.11 Å². The molecule has 2 N–H and O–H groups in total. The number of methoxy groups -OCH3 is 1. The summed E-state index contributed by atoms with van der Waals surface area (Å²) < 4.78 is 5.05. The van der Waals surface area contributed by atoms with Crippen LogP contribution in [0.3, 0.4) is 0 Å². The van der Waals surface area contributed by atoms with Gasteiger partial charge in [0.1, 0.15) is 0 Å². The first-order valence-corrected chi connectivity index (χ1v) is 6.78. The molecule has 0 unspecified atom stereocenters. The van der Waals surface area contributed by atoms with E-state index >= 15 is 0 Å². The maximum atomic E-state index is 9.63. The van der Waals surface area contributed by atoms with E-state index < -0.39 is 0 Å². The van der Waals surface area contributed by atoms with Crippen LogP contribution in [0.2, 0.25) is 0 Å². The SMILES string of the molecule is COCCNC1(CO)CCC(C(C)(C)C)CC1. The van der Waals surface area contributed by atoms with Crippen molar-refractivity contribution in [2.75, 3.05) is 26.9 Å². The smallest absolute Gasteiger partial charge is 0.0613 e. The molecule has 0 aromatic carbocycles. The molecule has 0 heterocycles. The molecule has 0 saturated heterocycles. The topological polar surface area (TPSA) is 41.5 Å². The van der Waals surface area contributed by atoms with Crippen LogP contribution >= 0.6 is 0 Å². The van der Waals surface area contributed by atoms with Crippen LogP contribution in [0.15, 0.2) is 0 Å². The van der Waals surface area contributed by atoms with Gasteiger partial charge in [-0.2, -0.15) is 0 Å². The summed E-state index contributed by atoms with van der Waals surface area (Å²) in [5.74, 6) is 0.784. The minimum Gasteiger partial charge on any atom is -0.394 e. The molecule has 1 aliphatic carbocycles. The van der Waals surface area contributed by atoms with Crippen molar-refractivity contribution < 1.29 is 9.84 Å². The molecule has 0 radical (unpaired) electrons. The summed E-state index contributed by atoms with van der Waals surface area (Å²) in [5, 5.41) is 13.1. The summed E-state index contributed by atoms with van der Waals surface area (Å²) >= 11 is 0. The van der Waals surface area contributed by atoms with Crippen LogP contribution in [0.4, 0.5) is 0 Å². The number of aliphatic hydroxyl groups excluding tert-OH is 1. The van der Waals surface area contributed by atoms with Gasteiger partial charge in [-0.15, -0.1) is 0 Å². The Bertz CT molecular complexity index is 215. The molecule has 0 aromatic heterocycles. The van der Waals surface area contributed by atoms with Crippen LogP contribution in [0.5, 0.6) is 0 Å². The van der Waals surface area contributed by atoms with Crippen molar-refractivity contribution in [2.45, 2.75) is 52.0 Å². The highest BCUT2D eigenvalue weighted by Gasteiger charge is 2.37. The molecular weight excluding hydrogens is 214 g/mol. The van der Waals surface area contributed by atoms with Gasteiger partial charge >= 0.3 is 0 Å². The lowest BCUT2D eigenvalue weighted by molar-refractivity contribution is 0.0633. The molecule has 17 heavy (non-hydrogen) atoms. The van der Waals surface area contributed by atoms with Gasteiger partial charge in [-0.3, -0.25) is 0 Å². The van der Waals surface area contributed by atoms with Crippen molar-refractivity contribution in [3.63, 3.8) is 0 Å². The Balaban J connectivity index is 2.45. The molecule has 1 aliphatic rings. The normalized spacial score (nSPS) is 30.5. The zero-order valence-corrected chi connectivity index (χ0v) is 11.9. The molecule has 1 saturated carbocycles. The maximum absolute atomic E-state index is 9.63. The highest BCUT2D eigenvalue weighted by molar-refractivity contribution is 4.94. The molecule has 0 bridgehead atoms. The molecule has 1 fully saturated rings. The zero-order chi connectivity index (χ0) is 12.9. The average Bonchev–Trinajstić information content (AvgIpc) is 2.29. The summed E-state index contributed by atoms with van der Waals surface area (Å²) in [5.41, 5.74) is 0.342. The van der Waals surface area contributed by atoms with Gasteiger partial charge in [-0.05, 0) is 37.0 Å². The Hall–Kier alpha value is -0.120. The van der Waals surface area contributed by atoms with E-state index in [4.69, 9.17) is 4.74 Å². The largest absolute Gasteiger partial charge is 0.394 e. The fourth-order valence-electron chi connectivity index (χ4n) is 2.85. The first-order valence-electron chi connectivity index (χ1n) is 6.78. The highest BCUT2D eigenvalue weighted by Crippen LogP contribution is 2.41. The molecule has 3 nitrogen and oxygen atoms in total. The number of aliphatic hydroxyl groups is 1. The summed E-state index contributed by atoms with van der Waals surface area (Å²) in [4.78, 5) is 0. The molecule has 3 heteroatoms. The molecular formula is C14H29NO2. The number of nitrogens with one attached hydrogen (secondary N) is 1. The van der Waals surface area contributed by atoms with Crippen molar-refractivity contribution in [3.8, 4) is 0 Å². The lowest BCUT2D eigenvalue weighted by Crippen LogP contribution is -2.52. The van der Waals surface area contributed by atoms with Crippen molar-refractivity contribution in [1.82, 2.24) is 5.32 Å². The van der Waals surface area contributed by atoms with Crippen LogP contribution in [-0.2, 0) is 4.74 Å². The predicted molar refractivity (Wildman–Crippen MR) is 71.1 cm³/mol. The van der Waals surface area contributed by atoms with E-state index in [2.05, 4.69) is 26.1 Å². The summed E-state index contributed by atoms with van der Waals surface area (Å²) in [6, 6.07) is 0. The third-order valence-electron chi connectivity index (χ3n) is 4.28. The Labute approximate surface area is 106 Å². The molecule has 0 atom stereocenters. The van der Waals surface area contributed by atoms with E-state index in [9.17, 15) is 5.11 Å². The number of ether oxygens (including phenoxy) is 1. The van der Waals surface area contributed by atoms with Gasteiger partial charge in [0.05, 0.1) is 13.2 Å². The van der Waals surface area contributed by atoms with Crippen LogP contribution in [-0.4, -0.2) is 37.5 Å². The van der Waals surface area contributed by atoms with Crippen LogP contribution in [0, 0.1) is 11.3 Å². The Morgan fingerprint density at radius 2 is 1.88 bits per heavy atom. The second kappa shape index (κ2) is 6.17. The fourth-order valence-corrected chi connectivity index (χ4v) is 2.85. The van der Waals surface area contributed by atoms with Gasteiger partial charge in [0.15, 0.2) is 0 Å². The lowest BCUT2D eigenvalue weighted by atomic mass is 9.67. The van der Waals surface area contributed by atoms with E-state index in [1.807, 2.05) is 0 Å². The summed E-state index contributed by atoms with van der Waals surface area (Å²) in [7, 11) is 1.71. The highest BCUT2D eigenvalue weighted by atomic mass is 16.5. The second-order valence-electron chi connectivity index (χ2n) is 6.50. The first kappa shape index (κ1) is 14.9. The maximum Gasteiger partial charge on any atom is 0.0613 e. The summed E-state index contributed by atoms with van der Waals surface area (Å²) in [6.45, 7) is 8.75. The predicted octanol–water partition coefficient (Wildman–Crippen LogP) is 2.19. The van der Waals surface area contributed by atoms with E-state index in [0.717, 1.165) is 25.3 Å². The Morgan fingerprint density at radius 1 is 1.29 bits per heavy atom. The van der Waals surface area contributed by atoms with Gasteiger partial charge in [0.25, 0.3) is 0 Å². The van der Waals surface area contributed by atoms with E-state index in [0.29, 0.717) is 12.0 Å². The van der Waals surface area contributed by atoms with Crippen molar-refractivity contribution in [1.29, 1.82) is 0 Å². The van der Waals surface area contributed by atoms with Gasteiger partial charge in [-0.1, -0.05) is 20.8 Å². The number of rotatable bonds is 5. The molecule has 0 aromatic rings. The van der Waals surface area contributed by atoms with Crippen molar-refractivity contribution in [2.24, 2.45) is 11.3 Å². The average molecular weight is 243 g/mol. The monoisotopic (exact) mass is 243 g/mol. The van der Waals surface area contributed by atoms with E-state index in [1.165, 1.54) is 12.8 Å². The third kappa shape index (κ3) is 4.23. The molecule has 1 rings (SSSR count). The van der Waals surface area contributed by atoms with Gasteiger partial charge in [-0.25, -0.2) is 0 Å². The van der Waals surface area contributed by atoms with Crippen LogP contribution < -0.4 is 5.32 Å². The molecule has 0 aliphatic heterocycles. The lowest BCUT2D eigenvalue weighted by Gasteiger charge is -2.43. The van der Waals surface area contributed by atoms with Crippen LogP contribution in [0.1, 0.15) is 46.5 Å². The zero-order valence-electron chi connectivity index (χ0n) is 11.9. The van der Waals surface area contributed by atoms with Crippen LogP contribution in [0.25, 0.3) is 0 Å². The standard InChI is InChI=1S/C14H29NO2/c1-13(2,3)12-5-7-14(11-16,8-6-12)15-9-10-17-4/h12,15-16H,5-11H2,1-4H3. The molecule has 0 amide bonds. The van der Waals surface area contributed by atoms with Crippen molar-refractivity contribution >= 4 is 0 Å². The second-order valence-corrected chi connectivity index (χ2v) is 6.50. The third-order valence-corrected chi connectivity index (χ3v) is 4.28. The van der Waals surface area contributed by atoms with Gasteiger partial charge in [0, 0.05) is 19.2 Å². The summed E-state index contributed by atoms with van der Waals surface area (Å²) in [6.07, 6.45) is 4.58. The van der Waals surface area contributed by atoms with Gasteiger partial charge < -0.3 is 15.2 Å². The van der Waals surface area contributed by atoms with Crippen molar-refractivity contribution in [3.05, 3.63) is 0 Å². The van der Waals surface area contributed by atoms with Gasteiger partial charge in [0.2, 0.25) is 0 Å². The molecule has 102 valence electrons. The first-order chi connectivity index (χ1) is 7.93. The number of hydrogen-bond donors (Lipinski definition) is 2. The quantitative estimate of drug-likeness (QED) is 0.727. The Morgan fingerprint density at radius 3 is 2.29 bits per heavy atom. The minimum absolute atomic E-state index is 0.0553.